The number of halogens is 2. The number of carbonyl (C=O) groups is 2. The van der Waals surface area contributed by atoms with Crippen molar-refractivity contribution >= 4 is 39.5 Å². The molecule has 3 aromatic carbocycles. The molecule has 0 spiro atoms. The molecular formula is C40H41BrClN7O2. The van der Waals surface area contributed by atoms with Crippen LogP contribution in [-0.2, 0) is 37.3 Å². The van der Waals surface area contributed by atoms with Crippen molar-refractivity contribution in [3.8, 4) is 0 Å². The maximum absolute atomic E-state index is 15.0. The Morgan fingerprint density at radius 3 is 2.47 bits per heavy atom. The van der Waals surface area contributed by atoms with E-state index < -0.39 is 6.04 Å². The Morgan fingerprint density at radius 1 is 0.941 bits per heavy atom. The minimum atomic E-state index is -0.718. The summed E-state index contributed by atoms with van der Waals surface area (Å²) in [5, 5.41) is 3.81. The number of pyridine rings is 1. The number of aryl methyl sites for hydroxylation is 3. The van der Waals surface area contributed by atoms with E-state index in [1.165, 1.54) is 5.56 Å². The number of hydrogen-bond donors (Lipinski definition) is 1. The van der Waals surface area contributed by atoms with Gasteiger partial charge in [0.1, 0.15) is 6.04 Å². The minimum Gasteiger partial charge on any atom is -0.337 e. The molecule has 0 bridgehead atoms. The van der Waals surface area contributed by atoms with Crippen molar-refractivity contribution in [3.63, 3.8) is 0 Å². The lowest BCUT2D eigenvalue weighted by Crippen LogP contribution is -2.63. The average molecular weight is 767 g/mol. The molecule has 0 radical (unpaired) electrons. The summed E-state index contributed by atoms with van der Waals surface area (Å²) in [5.41, 5.74) is 6.51. The zero-order valence-corrected chi connectivity index (χ0v) is 30.7. The maximum Gasteiger partial charge on any atom is 0.318 e. The Morgan fingerprint density at radius 2 is 1.71 bits per heavy atom. The van der Waals surface area contributed by atoms with E-state index in [1.54, 1.807) is 17.4 Å². The molecule has 2 atom stereocenters. The zero-order valence-electron chi connectivity index (χ0n) is 28.4. The maximum atomic E-state index is 15.0. The van der Waals surface area contributed by atoms with Crippen molar-refractivity contribution in [3.05, 3.63) is 153 Å². The summed E-state index contributed by atoms with van der Waals surface area (Å²) < 4.78 is 2.96. The van der Waals surface area contributed by atoms with Crippen molar-refractivity contribution in [1.29, 1.82) is 0 Å². The quantitative estimate of drug-likeness (QED) is 0.167. The lowest BCUT2D eigenvalue weighted by atomic mass is 9.95. The second-order valence-electron chi connectivity index (χ2n) is 13.2. The van der Waals surface area contributed by atoms with Crippen molar-refractivity contribution < 1.29 is 9.59 Å². The molecule has 1 fully saturated rings. The molecule has 1 N–H and O–H groups in total. The third-order valence-electron chi connectivity index (χ3n) is 9.83. The van der Waals surface area contributed by atoms with Gasteiger partial charge >= 0.3 is 6.03 Å². The standard InChI is InChI=1S/C40H41BrClN7O2/c41-33-22-32-13-12-31-23-34(42)14-15-35(31)38(37(32)44-25-33)47-20-21-49(40(51)45-24-29-8-3-1-4-9-29)36(27-47)39(50)48(26-30-10-5-2-6-11-30)18-7-17-46-19-16-43-28-46/h1-6,8-11,14-16,19,22-23,25,28,36,38H,7,12-13,17-18,20-21,24,26-27H2,(H,45,51)/t36-,38+/m1/s1. The van der Waals surface area contributed by atoms with Crippen molar-refractivity contribution in [2.24, 2.45) is 0 Å². The van der Waals surface area contributed by atoms with Gasteiger partial charge in [0.2, 0.25) is 5.91 Å². The summed E-state index contributed by atoms with van der Waals surface area (Å²) in [6, 6.07) is 27.0. The molecule has 2 aromatic heterocycles. The van der Waals surface area contributed by atoms with Crippen LogP contribution in [0, 0.1) is 0 Å². The highest BCUT2D eigenvalue weighted by molar-refractivity contribution is 9.10. The van der Waals surface area contributed by atoms with Gasteiger partial charge in [0, 0.05) is 73.9 Å². The number of imidazole rings is 1. The first kappa shape index (κ1) is 34.9. The lowest BCUT2D eigenvalue weighted by Gasteiger charge is -2.45. The van der Waals surface area contributed by atoms with E-state index >= 15 is 0 Å². The summed E-state index contributed by atoms with van der Waals surface area (Å²) >= 11 is 10.2. The number of amides is 3. The number of fused-ring (bicyclic) bond motifs is 2. The summed E-state index contributed by atoms with van der Waals surface area (Å²) in [4.78, 5) is 44.2. The predicted molar refractivity (Wildman–Crippen MR) is 202 cm³/mol. The van der Waals surface area contributed by atoms with E-state index in [2.05, 4.69) is 49.3 Å². The first-order chi connectivity index (χ1) is 24.9. The number of aromatic nitrogens is 3. The predicted octanol–water partition coefficient (Wildman–Crippen LogP) is 6.90. The fourth-order valence-electron chi connectivity index (χ4n) is 7.30. The van der Waals surface area contributed by atoms with Gasteiger partial charge in [-0.3, -0.25) is 14.7 Å². The fraction of sp³-hybridized carbons (Fsp3) is 0.300. The highest BCUT2D eigenvalue weighted by Crippen LogP contribution is 2.38. The molecule has 11 heteroatoms. The van der Waals surface area contributed by atoms with Crippen LogP contribution in [0.2, 0.25) is 5.02 Å². The Labute approximate surface area is 312 Å². The van der Waals surface area contributed by atoms with Gasteiger partial charge in [-0.05, 0) is 81.2 Å². The molecule has 3 amide bonds. The number of benzene rings is 3. The van der Waals surface area contributed by atoms with Crippen LogP contribution in [0.5, 0.6) is 0 Å². The normalized spacial score (nSPS) is 17.3. The van der Waals surface area contributed by atoms with E-state index in [1.807, 2.05) is 88.6 Å². The molecule has 0 unspecified atom stereocenters. The Balaban J connectivity index is 1.22. The van der Waals surface area contributed by atoms with E-state index in [9.17, 15) is 9.59 Å². The largest absolute Gasteiger partial charge is 0.337 e. The van der Waals surface area contributed by atoms with Crippen LogP contribution in [0.4, 0.5) is 4.79 Å². The number of nitrogens with zero attached hydrogens (tertiary/aromatic N) is 6. The first-order valence-corrected chi connectivity index (χ1v) is 18.6. The number of rotatable bonds is 10. The van der Waals surface area contributed by atoms with Crippen LogP contribution in [-0.4, -0.2) is 73.4 Å². The molecule has 262 valence electrons. The number of carbonyl (C=O) groups excluding carboxylic acids is 2. The minimum absolute atomic E-state index is 0.0713. The van der Waals surface area contributed by atoms with Gasteiger partial charge in [-0.25, -0.2) is 9.78 Å². The van der Waals surface area contributed by atoms with Crippen molar-refractivity contribution in [2.45, 2.75) is 51.0 Å². The molecule has 2 aliphatic rings. The Bertz CT molecular complexity index is 1890. The highest BCUT2D eigenvalue weighted by atomic mass is 79.9. The van der Waals surface area contributed by atoms with Gasteiger partial charge in [0.15, 0.2) is 0 Å². The third-order valence-corrected chi connectivity index (χ3v) is 10.5. The number of nitrogens with one attached hydrogen (secondary N) is 1. The monoisotopic (exact) mass is 765 g/mol. The Hall–Kier alpha value is -4.51. The second-order valence-corrected chi connectivity index (χ2v) is 14.5. The molecule has 1 saturated heterocycles. The van der Waals surface area contributed by atoms with E-state index in [-0.39, 0.29) is 18.0 Å². The van der Waals surface area contributed by atoms with E-state index in [4.69, 9.17) is 16.6 Å². The molecule has 1 aliphatic heterocycles. The summed E-state index contributed by atoms with van der Waals surface area (Å²) in [6.07, 6.45) is 9.76. The topological polar surface area (TPSA) is 86.6 Å². The van der Waals surface area contributed by atoms with E-state index in [0.717, 1.165) is 58.2 Å². The van der Waals surface area contributed by atoms with Crippen LogP contribution in [0.3, 0.4) is 0 Å². The fourth-order valence-corrected chi connectivity index (χ4v) is 7.87. The van der Waals surface area contributed by atoms with Gasteiger partial charge in [-0.15, -0.1) is 0 Å². The van der Waals surface area contributed by atoms with Gasteiger partial charge in [0.05, 0.1) is 18.1 Å². The molecular weight excluding hydrogens is 726 g/mol. The van der Waals surface area contributed by atoms with Gasteiger partial charge < -0.3 is 19.7 Å². The second kappa shape index (κ2) is 16.2. The van der Waals surface area contributed by atoms with Crippen molar-refractivity contribution in [2.75, 3.05) is 26.2 Å². The van der Waals surface area contributed by atoms with Gasteiger partial charge in [-0.1, -0.05) is 78.3 Å². The molecule has 5 aromatic rings. The summed E-state index contributed by atoms with van der Waals surface area (Å²) in [5.74, 6) is -0.0713. The summed E-state index contributed by atoms with van der Waals surface area (Å²) in [7, 11) is 0. The van der Waals surface area contributed by atoms with E-state index in [0.29, 0.717) is 44.3 Å². The van der Waals surface area contributed by atoms with Crippen LogP contribution < -0.4 is 5.32 Å². The molecule has 7 rings (SSSR count). The van der Waals surface area contributed by atoms with Crippen molar-refractivity contribution in [1.82, 2.24) is 34.6 Å². The lowest BCUT2D eigenvalue weighted by molar-refractivity contribution is -0.139. The highest BCUT2D eigenvalue weighted by Gasteiger charge is 2.41. The Kier molecular flexibility index (Phi) is 11.1. The smallest absolute Gasteiger partial charge is 0.318 e. The number of hydrogen-bond acceptors (Lipinski definition) is 5. The van der Waals surface area contributed by atoms with Gasteiger partial charge in [0.25, 0.3) is 0 Å². The molecule has 0 saturated carbocycles. The molecule has 1 aliphatic carbocycles. The first-order valence-electron chi connectivity index (χ1n) is 17.5. The van der Waals surface area contributed by atoms with Crippen LogP contribution in [0.25, 0.3) is 0 Å². The SMILES string of the molecule is O=C([C@H]1CN([C@H]2c3ccc(Cl)cc3CCc3cc(Br)cnc32)CCN1C(=O)NCc1ccccc1)N(CCCn1ccnc1)Cc1ccccc1. The number of urea groups is 1. The van der Waals surface area contributed by atoms with Crippen LogP contribution >= 0.6 is 27.5 Å². The number of piperazine rings is 1. The summed E-state index contributed by atoms with van der Waals surface area (Å²) in [6.45, 7) is 3.41. The zero-order chi connectivity index (χ0) is 35.2. The molecule has 51 heavy (non-hydrogen) atoms. The van der Waals surface area contributed by atoms with Crippen LogP contribution in [0.1, 0.15) is 46.0 Å². The van der Waals surface area contributed by atoms with Gasteiger partial charge in [-0.2, -0.15) is 0 Å². The van der Waals surface area contributed by atoms with Crippen LogP contribution in [0.15, 0.2) is 114 Å². The molecule has 3 heterocycles. The third kappa shape index (κ3) is 8.35. The average Bonchev–Trinajstić information content (AvgIpc) is 3.63. The molecule has 9 nitrogen and oxygen atoms in total.